The van der Waals surface area contributed by atoms with E-state index >= 15 is 0 Å². The summed E-state index contributed by atoms with van der Waals surface area (Å²) in [5.74, 6) is 0.950. The number of ether oxygens (including phenoxy) is 4. The standard InChI is InChI=1S/C22H30O5/c1-7-18(24-5)20(25-6)14-26-16-12-11-15-9-8-10-19(17(15)13-16)27-21(23)22(2,3)4/h8-13,18,20H,7,14H2,1-6H3. The Labute approximate surface area is 161 Å². The molecule has 0 N–H and O–H groups in total. The van der Waals surface area contributed by atoms with Crippen LogP contribution in [-0.2, 0) is 14.3 Å². The fourth-order valence-electron chi connectivity index (χ4n) is 2.74. The Bertz CT molecular complexity index is 759. The minimum atomic E-state index is -0.572. The van der Waals surface area contributed by atoms with Gasteiger partial charge in [0.05, 0.1) is 11.5 Å². The van der Waals surface area contributed by atoms with Crippen LogP contribution < -0.4 is 9.47 Å². The molecule has 0 amide bonds. The summed E-state index contributed by atoms with van der Waals surface area (Å²) in [7, 11) is 3.33. The van der Waals surface area contributed by atoms with Crippen LogP contribution in [0, 0.1) is 5.41 Å². The Kier molecular flexibility index (Phi) is 7.22. The molecule has 2 rings (SSSR count). The minimum Gasteiger partial charge on any atom is -0.491 e. The third-order valence-electron chi connectivity index (χ3n) is 4.47. The monoisotopic (exact) mass is 374 g/mol. The van der Waals surface area contributed by atoms with Crippen LogP contribution in [0.1, 0.15) is 34.1 Å². The number of benzene rings is 2. The first-order valence-electron chi connectivity index (χ1n) is 9.23. The molecule has 2 atom stereocenters. The summed E-state index contributed by atoms with van der Waals surface area (Å²) in [5.41, 5.74) is -0.572. The van der Waals surface area contributed by atoms with Gasteiger partial charge in [-0.25, -0.2) is 0 Å². The van der Waals surface area contributed by atoms with Gasteiger partial charge in [-0.05, 0) is 50.8 Å². The lowest BCUT2D eigenvalue weighted by molar-refractivity contribution is -0.142. The van der Waals surface area contributed by atoms with Gasteiger partial charge in [0.25, 0.3) is 0 Å². The van der Waals surface area contributed by atoms with Crippen molar-refractivity contribution in [2.45, 2.75) is 46.3 Å². The van der Waals surface area contributed by atoms with Gasteiger partial charge in [-0.2, -0.15) is 0 Å². The highest BCUT2D eigenvalue weighted by molar-refractivity contribution is 5.92. The van der Waals surface area contributed by atoms with Crippen LogP contribution in [0.5, 0.6) is 11.5 Å². The molecule has 0 radical (unpaired) electrons. The summed E-state index contributed by atoms with van der Waals surface area (Å²) < 4.78 is 22.5. The Morgan fingerprint density at radius 1 is 1.04 bits per heavy atom. The van der Waals surface area contributed by atoms with Crippen molar-refractivity contribution in [3.63, 3.8) is 0 Å². The van der Waals surface area contributed by atoms with Crippen LogP contribution in [0.3, 0.4) is 0 Å². The van der Waals surface area contributed by atoms with E-state index in [2.05, 4.69) is 0 Å². The van der Waals surface area contributed by atoms with Crippen LogP contribution in [0.2, 0.25) is 0 Å². The molecule has 148 valence electrons. The highest BCUT2D eigenvalue weighted by Gasteiger charge is 2.24. The third kappa shape index (κ3) is 5.44. The molecule has 5 nitrogen and oxygen atoms in total. The summed E-state index contributed by atoms with van der Waals surface area (Å²) in [4.78, 5) is 12.3. The molecule has 0 aromatic heterocycles. The fraction of sp³-hybridized carbons (Fsp3) is 0.500. The van der Waals surface area contributed by atoms with Gasteiger partial charge < -0.3 is 18.9 Å². The van der Waals surface area contributed by atoms with E-state index in [0.717, 1.165) is 17.2 Å². The zero-order chi connectivity index (χ0) is 20.0. The number of fused-ring (bicyclic) bond motifs is 1. The Balaban J connectivity index is 2.22. The van der Waals surface area contributed by atoms with E-state index in [1.54, 1.807) is 20.3 Å². The van der Waals surface area contributed by atoms with Crippen LogP contribution in [0.25, 0.3) is 10.8 Å². The van der Waals surface area contributed by atoms with Gasteiger partial charge in [-0.1, -0.05) is 25.1 Å². The third-order valence-corrected chi connectivity index (χ3v) is 4.47. The molecule has 0 bridgehead atoms. The quantitative estimate of drug-likeness (QED) is 0.499. The van der Waals surface area contributed by atoms with E-state index in [1.807, 2.05) is 58.0 Å². The minimum absolute atomic E-state index is 0.0289. The summed E-state index contributed by atoms with van der Waals surface area (Å²) >= 11 is 0. The molecule has 5 heteroatoms. The molecule has 0 fully saturated rings. The van der Waals surface area contributed by atoms with E-state index in [-0.39, 0.29) is 18.2 Å². The molecule has 0 saturated heterocycles. The number of hydrogen-bond acceptors (Lipinski definition) is 5. The van der Waals surface area contributed by atoms with Gasteiger partial charge in [-0.15, -0.1) is 0 Å². The Hall–Kier alpha value is -2.11. The summed E-state index contributed by atoms with van der Waals surface area (Å²) in [6, 6.07) is 11.4. The molecule has 0 heterocycles. The number of hydrogen-bond donors (Lipinski definition) is 0. The lowest BCUT2D eigenvalue weighted by Crippen LogP contribution is -2.34. The molecular formula is C22H30O5. The van der Waals surface area contributed by atoms with Crippen LogP contribution in [0.15, 0.2) is 36.4 Å². The molecule has 0 aliphatic rings. The van der Waals surface area contributed by atoms with Crippen molar-refractivity contribution >= 4 is 16.7 Å². The average Bonchev–Trinajstić information content (AvgIpc) is 2.64. The molecule has 0 spiro atoms. The number of rotatable bonds is 8. The SMILES string of the molecule is CCC(OC)C(COc1ccc2cccc(OC(=O)C(C)(C)C)c2c1)OC. The molecule has 2 aromatic rings. The van der Waals surface area contributed by atoms with Crippen LogP contribution in [-0.4, -0.2) is 39.0 Å². The maximum absolute atomic E-state index is 12.3. The zero-order valence-corrected chi connectivity index (χ0v) is 17.1. The van der Waals surface area contributed by atoms with Gasteiger partial charge >= 0.3 is 5.97 Å². The molecule has 0 aliphatic heterocycles. The average molecular weight is 374 g/mol. The Morgan fingerprint density at radius 2 is 1.74 bits per heavy atom. The van der Waals surface area contributed by atoms with Crippen molar-refractivity contribution < 1.29 is 23.7 Å². The number of carbonyl (C=O) groups is 1. The van der Waals surface area contributed by atoms with Crippen molar-refractivity contribution in [2.24, 2.45) is 5.41 Å². The van der Waals surface area contributed by atoms with E-state index in [9.17, 15) is 4.79 Å². The topological polar surface area (TPSA) is 54.0 Å². The second-order valence-electron chi connectivity index (χ2n) is 7.55. The number of methoxy groups -OCH3 is 2. The molecule has 27 heavy (non-hydrogen) atoms. The summed E-state index contributed by atoms with van der Waals surface area (Å²) in [6.45, 7) is 7.92. The predicted octanol–water partition coefficient (Wildman–Crippen LogP) is 4.61. The first-order valence-corrected chi connectivity index (χ1v) is 9.23. The largest absolute Gasteiger partial charge is 0.491 e. The first kappa shape index (κ1) is 21.2. The van der Waals surface area contributed by atoms with Gasteiger partial charge in [0, 0.05) is 19.6 Å². The van der Waals surface area contributed by atoms with Crippen LogP contribution in [0.4, 0.5) is 0 Å². The highest BCUT2D eigenvalue weighted by atomic mass is 16.6. The first-order chi connectivity index (χ1) is 12.8. The van der Waals surface area contributed by atoms with Crippen molar-refractivity contribution in [3.8, 4) is 11.5 Å². The molecule has 2 aromatic carbocycles. The molecule has 0 saturated carbocycles. The number of esters is 1. The lowest BCUT2D eigenvalue weighted by atomic mass is 9.97. The fourth-order valence-corrected chi connectivity index (χ4v) is 2.74. The van der Waals surface area contributed by atoms with E-state index in [4.69, 9.17) is 18.9 Å². The van der Waals surface area contributed by atoms with Gasteiger partial charge in [0.15, 0.2) is 0 Å². The highest BCUT2D eigenvalue weighted by Crippen LogP contribution is 2.31. The summed E-state index contributed by atoms with van der Waals surface area (Å²) in [6.07, 6.45) is 0.645. The Morgan fingerprint density at radius 3 is 2.33 bits per heavy atom. The van der Waals surface area contributed by atoms with Crippen molar-refractivity contribution in [2.75, 3.05) is 20.8 Å². The van der Waals surface area contributed by atoms with Crippen molar-refractivity contribution in [3.05, 3.63) is 36.4 Å². The lowest BCUT2D eigenvalue weighted by Gasteiger charge is -2.24. The second-order valence-corrected chi connectivity index (χ2v) is 7.55. The second kappa shape index (κ2) is 9.20. The maximum Gasteiger partial charge on any atom is 0.316 e. The van der Waals surface area contributed by atoms with Gasteiger partial charge in [0.1, 0.15) is 24.2 Å². The number of carbonyl (C=O) groups excluding carboxylic acids is 1. The smallest absolute Gasteiger partial charge is 0.316 e. The van der Waals surface area contributed by atoms with Crippen LogP contribution >= 0.6 is 0 Å². The summed E-state index contributed by atoms with van der Waals surface area (Å²) in [5, 5.41) is 1.81. The van der Waals surface area contributed by atoms with Crippen molar-refractivity contribution in [1.82, 2.24) is 0 Å². The molecule has 2 unspecified atom stereocenters. The predicted molar refractivity (Wildman–Crippen MR) is 106 cm³/mol. The normalized spacial score (nSPS) is 14.0. The molecular weight excluding hydrogens is 344 g/mol. The van der Waals surface area contributed by atoms with E-state index in [1.165, 1.54) is 0 Å². The van der Waals surface area contributed by atoms with E-state index < -0.39 is 5.41 Å². The zero-order valence-electron chi connectivity index (χ0n) is 17.1. The van der Waals surface area contributed by atoms with E-state index in [0.29, 0.717) is 18.1 Å². The van der Waals surface area contributed by atoms with Crippen molar-refractivity contribution in [1.29, 1.82) is 0 Å². The van der Waals surface area contributed by atoms with Gasteiger partial charge in [0.2, 0.25) is 0 Å². The molecule has 0 aliphatic carbocycles. The van der Waals surface area contributed by atoms with Gasteiger partial charge in [-0.3, -0.25) is 4.79 Å². The maximum atomic E-state index is 12.3.